The van der Waals surface area contributed by atoms with Gasteiger partial charge in [-0.3, -0.25) is 4.79 Å². The summed E-state index contributed by atoms with van der Waals surface area (Å²) in [5.41, 5.74) is 3.98. The van der Waals surface area contributed by atoms with Gasteiger partial charge in [-0.2, -0.15) is 0 Å². The van der Waals surface area contributed by atoms with Crippen molar-refractivity contribution in [2.24, 2.45) is 0 Å². The molecule has 6 nitrogen and oxygen atoms in total. The highest BCUT2D eigenvalue weighted by Gasteiger charge is 2.19. The fourth-order valence-electron chi connectivity index (χ4n) is 2.59. The molecule has 0 saturated carbocycles. The molecule has 6 heteroatoms. The maximum absolute atomic E-state index is 12.6. The summed E-state index contributed by atoms with van der Waals surface area (Å²) < 4.78 is 15.9. The Hall–Kier alpha value is -2.63. The summed E-state index contributed by atoms with van der Waals surface area (Å²) in [6, 6.07) is 3.40. The third kappa shape index (κ3) is 3.11. The number of aromatic nitrogens is 1. The molecule has 0 bridgehead atoms. The van der Waals surface area contributed by atoms with E-state index in [0.717, 1.165) is 17.0 Å². The minimum absolute atomic E-state index is 0.182. The Morgan fingerprint density at radius 2 is 1.52 bits per heavy atom. The van der Waals surface area contributed by atoms with Crippen LogP contribution in [0.1, 0.15) is 27.3 Å². The van der Waals surface area contributed by atoms with Crippen molar-refractivity contribution in [2.75, 3.05) is 26.6 Å². The minimum Gasteiger partial charge on any atom is -0.493 e. The Morgan fingerprint density at radius 1 is 0.957 bits per heavy atom. The molecule has 0 aliphatic carbocycles. The van der Waals surface area contributed by atoms with Gasteiger partial charge < -0.3 is 24.5 Å². The summed E-state index contributed by atoms with van der Waals surface area (Å²) in [6.07, 6.45) is 0. The third-order valence-corrected chi connectivity index (χ3v) is 3.84. The van der Waals surface area contributed by atoms with Crippen molar-refractivity contribution in [1.29, 1.82) is 0 Å². The van der Waals surface area contributed by atoms with Crippen LogP contribution in [0.2, 0.25) is 0 Å². The number of aryl methyl sites for hydroxylation is 2. The van der Waals surface area contributed by atoms with E-state index in [-0.39, 0.29) is 5.91 Å². The number of anilines is 1. The van der Waals surface area contributed by atoms with Gasteiger partial charge in [-0.05, 0) is 26.3 Å². The SMILES string of the molecule is COc1cc(NC(=O)c2c(C)[nH]c(C)c2C)cc(OC)c1OC. The molecule has 0 spiro atoms. The smallest absolute Gasteiger partial charge is 0.257 e. The lowest BCUT2D eigenvalue weighted by atomic mass is 10.1. The fraction of sp³-hybridized carbons (Fsp3) is 0.353. The van der Waals surface area contributed by atoms with E-state index < -0.39 is 0 Å². The van der Waals surface area contributed by atoms with Crippen LogP contribution in [0, 0.1) is 20.8 Å². The molecule has 0 aliphatic heterocycles. The van der Waals surface area contributed by atoms with E-state index in [1.54, 1.807) is 12.1 Å². The summed E-state index contributed by atoms with van der Waals surface area (Å²) in [4.78, 5) is 15.8. The normalized spacial score (nSPS) is 10.3. The Morgan fingerprint density at radius 3 is 1.91 bits per heavy atom. The highest BCUT2D eigenvalue weighted by molar-refractivity contribution is 6.06. The van der Waals surface area contributed by atoms with Crippen LogP contribution < -0.4 is 19.5 Å². The van der Waals surface area contributed by atoms with Crippen molar-refractivity contribution in [1.82, 2.24) is 4.98 Å². The molecule has 1 heterocycles. The second kappa shape index (κ2) is 6.64. The van der Waals surface area contributed by atoms with Gasteiger partial charge >= 0.3 is 0 Å². The van der Waals surface area contributed by atoms with E-state index in [0.29, 0.717) is 28.5 Å². The first-order valence-corrected chi connectivity index (χ1v) is 7.20. The number of nitrogens with one attached hydrogen (secondary N) is 2. The number of rotatable bonds is 5. The van der Waals surface area contributed by atoms with Crippen molar-refractivity contribution in [2.45, 2.75) is 20.8 Å². The molecule has 124 valence electrons. The predicted octanol–water partition coefficient (Wildman–Crippen LogP) is 3.22. The first-order valence-electron chi connectivity index (χ1n) is 7.20. The summed E-state index contributed by atoms with van der Waals surface area (Å²) in [6.45, 7) is 5.74. The van der Waals surface area contributed by atoms with E-state index in [4.69, 9.17) is 14.2 Å². The number of hydrogen-bond donors (Lipinski definition) is 2. The highest BCUT2D eigenvalue weighted by atomic mass is 16.5. The number of carbonyl (C=O) groups is 1. The lowest BCUT2D eigenvalue weighted by Gasteiger charge is -2.14. The van der Waals surface area contributed by atoms with Crippen molar-refractivity contribution in [3.8, 4) is 17.2 Å². The van der Waals surface area contributed by atoms with Crippen LogP contribution in [0.3, 0.4) is 0 Å². The second-order valence-corrected chi connectivity index (χ2v) is 5.24. The average Bonchev–Trinajstić information content (AvgIpc) is 2.78. The molecular weight excluding hydrogens is 296 g/mol. The highest BCUT2D eigenvalue weighted by Crippen LogP contribution is 2.40. The molecule has 2 rings (SSSR count). The topological polar surface area (TPSA) is 72.6 Å². The maximum Gasteiger partial charge on any atom is 0.257 e. The van der Waals surface area contributed by atoms with Gasteiger partial charge in [-0.1, -0.05) is 0 Å². The molecule has 0 aliphatic rings. The summed E-state index contributed by atoms with van der Waals surface area (Å²) in [5.74, 6) is 1.28. The lowest BCUT2D eigenvalue weighted by molar-refractivity contribution is 0.102. The molecule has 2 aromatic rings. The number of aromatic amines is 1. The predicted molar refractivity (Wildman–Crippen MR) is 89.1 cm³/mol. The number of H-pyrrole nitrogens is 1. The first kappa shape index (κ1) is 16.7. The molecule has 1 aromatic heterocycles. The molecule has 1 aromatic carbocycles. The van der Waals surface area contributed by atoms with Crippen LogP contribution in [0.4, 0.5) is 5.69 Å². The van der Waals surface area contributed by atoms with Crippen molar-refractivity contribution in [3.05, 3.63) is 34.6 Å². The van der Waals surface area contributed by atoms with Gasteiger partial charge in [0.1, 0.15) is 0 Å². The van der Waals surface area contributed by atoms with Crippen molar-refractivity contribution >= 4 is 11.6 Å². The number of carbonyl (C=O) groups excluding carboxylic acids is 1. The number of benzene rings is 1. The zero-order valence-electron chi connectivity index (χ0n) is 14.3. The van der Waals surface area contributed by atoms with E-state index in [1.807, 2.05) is 20.8 Å². The van der Waals surface area contributed by atoms with Gasteiger partial charge in [0.05, 0.1) is 26.9 Å². The van der Waals surface area contributed by atoms with E-state index in [9.17, 15) is 4.79 Å². The second-order valence-electron chi connectivity index (χ2n) is 5.24. The van der Waals surface area contributed by atoms with Crippen molar-refractivity contribution in [3.63, 3.8) is 0 Å². The Kier molecular flexibility index (Phi) is 4.83. The van der Waals surface area contributed by atoms with E-state index in [2.05, 4.69) is 10.3 Å². The summed E-state index contributed by atoms with van der Waals surface area (Å²) >= 11 is 0. The Labute approximate surface area is 135 Å². The largest absolute Gasteiger partial charge is 0.493 e. The monoisotopic (exact) mass is 318 g/mol. The lowest BCUT2D eigenvalue weighted by Crippen LogP contribution is -2.14. The molecular formula is C17H22N2O4. The molecule has 0 fully saturated rings. The van der Waals surface area contributed by atoms with Crippen LogP contribution in [0.15, 0.2) is 12.1 Å². The van der Waals surface area contributed by atoms with Gasteiger partial charge in [0, 0.05) is 29.2 Å². The third-order valence-electron chi connectivity index (χ3n) is 3.84. The molecule has 0 radical (unpaired) electrons. The molecule has 0 saturated heterocycles. The Balaban J connectivity index is 2.38. The van der Waals surface area contributed by atoms with Gasteiger partial charge in [0.15, 0.2) is 11.5 Å². The van der Waals surface area contributed by atoms with Crippen molar-refractivity contribution < 1.29 is 19.0 Å². The van der Waals surface area contributed by atoms with Crippen LogP contribution in [0.5, 0.6) is 17.2 Å². The number of ether oxygens (including phenoxy) is 3. The zero-order valence-corrected chi connectivity index (χ0v) is 14.3. The summed E-state index contributed by atoms with van der Waals surface area (Å²) in [5, 5.41) is 2.88. The van der Waals surface area contributed by atoms with Crippen LogP contribution in [0.25, 0.3) is 0 Å². The molecule has 1 amide bonds. The molecule has 0 atom stereocenters. The van der Waals surface area contributed by atoms with Gasteiger partial charge in [-0.15, -0.1) is 0 Å². The zero-order chi connectivity index (χ0) is 17.1. The quantitative estimate of drug-likeness (QED) is 0.888. The average molecular weight is 318 g/mol. The number of methoxy groups -OCH3 is 3. The maximum atomic E-state index is 12.6. The number of amides is 1. The fourth-order valence-corrected chi connectivity index (χ4v) is 2.59. The standard InChI is InChI=1S/C17H22N2O4/c1-9-10(2)18-11(3)15(9)17(20)19-12-7-13(21-4)16(23-6)14(8-12)22-5/h7-8,18H,1-6H3,(H,19,20). The van der Waals surface area contributed by atoms with Gasteiger partial charge in [0.25, 0.3) is 5.91 Å². The number of hydrogen-bond acceptors (Lipinski definition) is 4. The molecule has 2 N–H and O–H groups in total. The van der Waals surface area contributed by atoms with E-state index in [1.165, 1.54) is 21.3 Å². The molecule has 0 unspecified atom stereocenters. The van der Waals surface area contributed by atoms with Gasteiger partial charge in [-0.25, -0.2) is 0 Å². The van der Waals surface area contributed by atoms with Crippen LogP contribution in [-0.2, 0) is 0 Å². The van der Waals surface area contributed by atoms with Crippen LogP contribution in [-0.4, -0.2) is 32.2 Å². The molecule has 23 heavy (non-hydrogen) atoms. The first-order chi connectivity index (χ1) is 10.9. The van der Waals surface area contributed by atoms with Gasteiger partial charge in [0.2, 0.25) is 5.75 Å². The van der Waals surface area contributed by atoms with E-state index >= 15 is 0 Å². The minimum atomic E-state index is -0.182. The Bertz CT molecular complexity index is 709. The van der Waals surface area contributed by atoms with Crippen LogP contribution >= 0.6 is 0 Å². The summed E-state index contributed by atoms with van der Waals surface area (Å²) in [7, 11) is 4.60.